The topological polar surface area (TPSA) is 39.7 Å². The Balaban J connectivity index is 2.11. The Labute approximate surface area is 73.7 Å². The number of nitrogens with one attached hydrogen (secondary N) is 1. The number of rotatable bonds is 3. The Kier molecular flexibility index (Phi) is 5.35. The van der Waals surface area contributed by atoms with Crippen molar-refractivity contribution in [3.05, 3.63) is 0 Å². The number of hydrogen-bond acceptors (Lipinski definition) is 4. The van der Waals surface area contributed by atoms with E-state index in [9.17, 15) is 0 Å². The smallest absolute Gasteiger partial charge is 0.386 e. The molecule has 0 bridgehead atoms. The molecule has 70 valence electrons. The molecule has 5 heteroatoms. The molecule has 0 atom stereocenters. The van der Waals surface area contributed by atoms with Crippen LogP contribution < -0.4 is 5.32 Å². The van der Waals surface area contributed by atoms with E-state index < -0.39 is 7.32 Å². The molecule has 1 N–H and O–H groups in total. The first-order chi connectivity index (χ1) is 5.93. The highest BCUT2D eigenvalue weighted by molar-refractivity contribution is 6.36. The van der Waals surface area contributed by atoms with E-state index >= 15 is 0 Å². The third-order valence-electron chi connectivity index (χ3n) is 1.52. The Morgan fingerprint density at radius 2 is 2.00 bits per heavy atom. The SMILES string of the molecule is CCCOB1OCCNCCO1. The second kappa shape index (κ2) is 6.42. The molecule has 1 aliphatic heterocycles. The lowest BCUT2D eigenvalue weighted by atomic mass is 10.2. The van der Waals surface area contributed by atoms with E-state index in [1.165, 1.54) is 0 Å². The van der Waals surface area contributed by atoms with Crippen molar-refractivity contribution < 1.29 is 14.0 Å². The first kappa shape index (κ1) is 9.99. The van der Waals surface area contributed by atoms with Gasteiger partial charge in [0.2, 0.25) is 0 Å². The van der Waals surface area contributed by atoms with E-state index in [0.717, 1.165) is 19.5 Å². The quantitative estimate of drug-likeness (QED) is 0.611. The summed E-state index contributed by atoms with van der Waals surface area (Å²) in [6, 6.07) is 0. The van der Waals surface area contributed by atoms with Crippen molar-refractivity contribution in [2.75, 3.05) is 32.9 Å². The average molecular weight is 173 g/mol. The van der Waals surface area contributed by atoms with Crippen molar-refractivity contribution in [1.82, 2.24) is 5.32 Å². The Morgan fingerprint density at radius 3 is 2.58 bits per heavy atom. The molecular formula is C7H16BNO3. The third-order valence-corrected chi connectivity index (χ3v) is 1.52. The lowest BCUT2D eigenvalue weighted by Crippen LogP contribution is -2.37. The highest BCUT2D eigenvalue weighted by Crippen LogP contribution is 1.95. The lowest BCUT2D eigenvalue weighted by molar-refractivity contribution is 0.0840. The van der Waals surface area contributed by atoms with Crippen LogP contribution >= 0.6 is 0 Å². The molecule has 0 aliphatic carbocycles. The molecule has 0 unspecified atom stereocenters. The van der Waals surface area contributed by atoms with Crippen LogP contribution in [0.3, 0.4) is 0 Å². The fourth-order valence-electron chi connectivity index (χ4n) is 0.938. The van der Waals surface area contributed by atoms with E-state index in [2.05, 4.69) is 12.2 Å². The van der Waals surface area contributed by atoms with Gasteiger partial charge in [0.05, 0.1) is 0 Å². The van der Waals surface area contributed by atoms with Gasteiger partial charge in [-0.2, -0.15) is 0 Å². The molecule has 1 fully saturated rings. The predicted octanol–water partition coefficient (Wildman–Crippen LogP) is 0.0343. The van der Waals surface area contributed by atoms with Crippen LogP contribution in [0.1, 0.15) is 13.3 Å². The summed E-state index contributed by atoms with van der Waals surface area (Å²) in [6.45, 7) is 5.79. The molecule has 0 amide bonds. The van der Waals surface area contributed by atoms with Crippen molar-refractivity contribution in [3.63, 3.8) is 0 Å². The van der Waals surface area contributed by atoms with E-state index in [-0.39, 0.29) is 0 Å². The predicted molar refractivity (Wildman–Crippen MR) is 46.8 cm³/mol. The first-order valence-electron chi connectivity index (χ1n) is 4.49. The minimum Gasteiger partial charge on any atom is -0.386 e. The Hall–Kier alpha value is -0.0951. The van der Waals surface area contributed by atoms with Crippen molar-refractivity contribution in [2.45, 2.75) is 13.3 Å². The van der Waals surface area contributed by atoms with Crippen LogP contribution in [-0.4, -0.2) is 40.2 Å². The summed E-state index contributed by atoms with van der Waals surface area (Å²) in [7, 11) is -0.452. The summed E-state index contributed by atoms with van der Waals surface area (Å²) in [5, 5.41) is 3.16. The first-order valence-corrected chi connectivity index (χ1v) is 4.49. The summed E-state index contributed by atoms with van der Waals surface area (Å²) >= 11 is 0. The van der Waals surface area contributed by atoms with Crippen molar-refractivity contribution >= 4 is 7.32 Å². The zero-order chi connectivity index (χ0) is 8.65. The molecule has 0 aromatic carbocycles. The Morgan fingerprint density at radius 1 is 1.33 bits per heavy atom. The fourth-order valence-corrected chi connectivity index (χ4v) is 0.938. The maximum atomic E-state index is 5.30. The maximum Gasteiger partial charge on any atom is 0.639 e. The van der Waals surface area contributed by atoms with Gasteiger partial charge in [-0.15, -0.1) is 0 Å². The van der Waals surface area contributed by atoms with Gasteiger partial charge < -0.3 is 19.3 Å². The summed E-state index contributed by atoms with van der Waals surface area (Å²) in [5.74, 6) is 0. The van der Waals surface area contributed by atoms with Gasteiger partial charge in [-0.1, -0.05) is 6.92 Å². The van der Waals surface area contributed by atoms with Crippen LogP contribution in [0.2, 0.25) is 0 Å². The van der Waals surface area contributed by atoms with Gasteiger partial charge in [-0.05, 0) is 6.42 Å². The minimum atomic E-state index is -0.452. The average Bonchev–Trinajstić information content (AvgIpc) is 2.02. The van der Waals surface area contributed by atoms with Gasteiger partial charge >= 0.3 is 7.32 Å². The van der Waals surface area contributed by atoms with Gasteiger partial charge in [-0.3, -0.25) is 0 Å². The van der Waals surface area contributed by atoms with Gasteiger partial charge in [0, 0.05) is 32.9 Å². The van der Waals surface area contributed by atoms with E-state index in [1.54, 1.807) is 0 Å². The molecule has 0 aromatic rings. The molecule has 1 aliphatic rings. The standard InChI is InChI=1S/C7H16BNO3/c1-2-5-10-8-11-6-3-9-4-7-12-8/h9H,2-7H2,1H3. The lowest BCUT2D eigenvalue weighted by Gasteiger charge is -2.17. The summed E-state index contributed by atoms with van der Waals surface area (Å²) in [4.78, 5) is 0. The van der Waals surface area contributed by atoms with Crippen LogP contribution in [-0.2, 0) is 14.0 Å². The van der Waals surface area contributed by atoms with Crippen LogP contribution in [0.4, 0.5) is 0 Å². The second-order valence-corrected chi connectivity index (χ2v) is 2.65. The van der Waals surface area contributed by atoms with Gasteiger partial charge in [0.1, 0.15) is 0 Å². The fraction of sp³-hybridized carbons (Fsp3) is 1.00. The van der Waals surface area contributed by atoms with Crippen molar-refractivity contribution in [1.29, 1.82) is 0 Å². The van der Waals surface area contributed by atoms with Crippen LogP contribution in [0, 0.1) is 0 Å². The van der Waals surface area contributed by atoms with E-state index in [4.69, 9.17) is 14.0 Å². The molecule has 0 aromatic heterocycles. The maximum absolute atomic E-state index is 5.30. The van der Waals surface area contributed by atoms with Crippen molar-refractivity contribution in [2.24, 2.45) is 0 Å². The monoisotopic (exact) mass is 173 g/mol. The summed E-state index contributed by atoms with van der Waals surface area (Å²) < 4.78 is 15.9. The highest BCUT2D eigenvalue weighted by Gasteiger charge is 2.21. The summed E-state index contributed by atoms with van der Waals surface area (Å²) in [6.07, 6.45) is 0.988. The summed E-state index contributed by atoms with van der Waals surface area (Å²) in [5.41, 5.74) is 0. The van der Waals surface area contributed by atoms with E-state index in [0.29, 0.717) is 19.8 Å². The number of hydrogen-bond donors (Lipinski definition) is 1. The molecule has 1 saturated heterocycles. The molecule has 0 spiro atoms. The van der Waals surface area contributed by atoms with Crippen LogP contribution in [0.15, 0.2) is 0 Å². The normalized spacial score (nSPS) is 20.2. The van der Waals surface area contributed by atoms with Crippen LogP contribution in [0.5, 0.6) is 0 Å². The van der Waals surface area contributed by atoms with Crippen LogP contribution in [0.25, 0.3) is 0 Å². The van der Waals surface area contributed by atoms with Gasteiger partial charge in [0.25, 0.3) is 0 Å². The molecule has 0 radical (unpaired) electrons. The van der Waals surface area contributed by atoms with Gasteiger partial charge in [-0.25, -0.2) is 0 Å². The Bertz CT molecular complexity index is 104. The zero-order valence-electron chi connectivity index (χ0n) is 7.54. The molecule has 4 nitrogen and oxygen atoms in total. The molecule has 12 heavy (non-hydrogen) atoms. The second-order valence-electron chi connectivity index (χ2n) is 2.65. The highest BCUT2D eigenvalue weighted by atomic mass is 16.7. The molecule has 0 saturated carbocycles. The third kappa shape index (κ3) is 4.06. The van der Waals surface area contributed by atoms with E-state index in [1.807, 2.05) is 0 Å². The molecular weight excluding hydrogens is 157 g/mol. The zero-order valence-corrected chi connectivity index (χ0v) is 7.54. The molecule has 1 rings (SSSR count). The molecule has 1 heterocycles. The minimum absolute atomic E-state index is 0.452. The largest absolute Gasteiger partial charge is 0.639 e. The van der Waals surface area contributed by atoms with Crippen molar-refractivity contribution in [3.8, 4) is 0 Å². The van der Waals surface area contributed by atoms with Gasteiger partial charge in [0.15, 0.2) is 0 Å².